The fourth-order valence-electron chi connectivity index (χ4n) is 4.71. The molecule has 0 atom stereocenters. The van der Waals surface area contributed by atoms with Crippen molar-refractivity contribution in [2.24, 2.45) is 4.99 Å². The molecular formula is C34H26FN3OS. The number of fused-ring (bicyclic) bond motifs is 1. The Labute approximate surface area is 235 Å². The zero-order chi connectivity index (χ0) is 27.5. The van der Waals surface area contributed by atoms with Crippen LogP contribution in [0, 0.1) is 12.7 Å². The van der Waals surface area contributed by atoms with Crippen LogP contribution in [0.1, 0.15) is 21.5 Å². The second-order valence-electron chi connectivity index (χ2n) is 9.57. The molecule has 0 unspecified atom stereocenters. The van der Waals surface area contributed by atoms with Gasteiger partial charge < -0.3 is 9.88 Å². The van der Waals surface area contributed by atoms with Gasteiger partial charge in [0, 0.05) is 11.1 Å². The predicted molar refractivity (Wildman–Crippen MR) is 162 cm³/mol. The highest BCUT2D eigenvalue weighted by Crippen LogP contribution is 2.33. The Morgan fingerprint density at radius 3 is 2.30 bits per heavy atom. The molecule has 6 aromatic rings. The second-order valence-corrected chi connectivity index (χ2v) is 10.5. The van der Waals surface area contributed by atoms with Crippen molar-refractivity contribution < 1.29 is 9.18 Å². The minimum atomic E-state index is -0.320. The van der Waals surface area contributed by atoms with Crippen LogP contribution in [0.25, 0.3) is 22.0 Å². The van der Waals surface area contributed by atoms with Gasteiger partial charge >= 0.3 is 0 Å². The number of halogens is 1. The van der Waals surface area contributed by atoms with Crippen LogP contribution in [0.5, 0.6) is 0 Å². The minimum absolute atomic E-state index is 0.213. The summed E-state index contributed by atoms with van der Waals surface area (Å²) in [5.41, 5.74) is 5.21. The summed E-state index contributed by atoms with van der Waals surface area (Å²) in [7, 11) is 0. The molecule has 0 saturated heterocycles. The van der Waals surface area contributed by atoms with Gasteiger partial charge in [-0.05, 0) is 65.7 Å². The molecule has 0 aliphatic rings. The summed E-state index contributed by atoms with van der Waals surface area (Å²) < 4.78 is 16.1. The maximum atomic E-state index is 14.0. The third-order valence-electron chi connectivity index (χ3n) is 6.73. The number of aromatic nitrogens is 1. The van der Waals surface area contributed by atoms with Crippen molar-refractivity contribution in [1.82, 2.24) is 4.57 Å². The molecule has 1 heterocycles. The molecule has 1 aromatic heterocycles. The summed E-state index contributed by atoms with van der Waals surface area (Å²) >= 11 is 1.40. The molecule has 1 N–H and O–H groups in total. The van der Waals surface area contributed by atoms with Crippen molar-refractivity contribution in [3.8, 4) is 11.3 Å². The summed E-state index contributed by atoms with van der Waals surface area (Å²) in [5, 5.41) is 5.70. The number of benzene rings is 5. The lowest BCUT2D eigenvalue weighted by Gasteiger charge is -2.13. The van der Waals surface area contributed by atoms with Crippen molar-refractivity contribution in [3.63, 3.8) is 0 Å². The first-order valence-electron chi connectivity index (χ1n) is 13.0. The number of rotatable bonds is 6. The summed E-state index contributed by atoms with van der Waals surface area (Å²) in [4.78, 5) is 19.4. The normalized spacial score (nSPS) is 11.6. The first-order chi connectivity index (χ1) is 19.5. The Balaban J connectivity index is 1.54. The third-order valence-corrected chi connectivity index (χ3v) is 7.72. The van der Waals surface area contributed by atoms with Gasteiger partial charge in [-0.15, -0.1) is 0 Å². The number of aryl methyl sites for hydroxylation is 1. The first-order valence-corrected chi connectivity index (χ1v) is 13.8. The number of nitrogens with zero attached hydrogens (tertiary/aromatic N) is 2. The Morgan fingerprint density at radius 1 is 0.825 bits per heavy atom. The van der Waals surface area contributed by atoms with Crippen LogP contribution in [-0.4, -0.2) is 10.5 Å². The Morgan fingerprint density at radius 2 is 1.52 bits per heavy atom. The van der Waals surface area contributed by atoms with Gasteiger partial charge in [0.2, 0.25) is 0 Å². The van der Waals surface area contributed by atoms with Crippen LogP contribution in [0.4, 0.5) is 15.1 Å². The summed E-state index contributed by atoms with van der Waals surface area (Å²) in [6, 6.07) is 38.0. The van der Waals surface area contributed by atoms with Crippen LogP contribution in [0.15, 0.2) is 126 Å². The lowest BCUT2D eigenvalue weighted by molar-refractivity contribution is 0.102. The molecule has 4 nitrogen and oxygen atoms in total. The van der Waals surface area contributed by atoms with Gasteiger partial charge in [-0.25, -0.2) is 9.38 Å². The van der Waals surface area contributed by atoms with Crippen molar-refractivity contribution in [2.75, 3.05) is 5.32 Å². The molecule has 0 aliphatic carbocycles. The number of nitrogens with one attached hydrogen (secondary N) is 1. The molecular weight excluding hydrogens is 517 g/mol. The van der Waals surface area contributed by atoms with Crippen LogP contribution in [0.2, 0.25) is 0 Å². The molecule has 5 aromatic carbocycles. The SMILES string of the molecule is Cc1ccc(Cn2c(-c3ccc(F)cc3)c(NC(=O)c3cccc4ccccc34)sc2=Nc2ccccc2)cc1. The van der Waals surface area contributed by atoms with Crippen molar-refractivity contribution in [1.29, 1.82) is 0 Å². The summed E-state index contributed by atoms with van der Waals surface area (Å²) in [5.74, 6) is -0.533. The standard InChI is InChI=1S/C34H26FN3OS/c1-23-14-16-24(17-15-23)22-38-31(26-18-20-27(35)21-19-26)33(40-34(38)36-28-10-3-2-4-11-28)37-32(39)30-13-7-9-25-8-5-6-12-29(25)30/h2-21H,22H2,1H3,(H,37,39). The quantitative estimate of drug-likeness (QED) is 0.225. The molecule has 0 fully saturated rings. The minimum Gasteiger partial charge on any atom is -0.312 e. The first kappa shape index (κ1) is 25.5. The van der Waals surface area contributed by atoms with E-state index in [4.69, 9.17) is 4.99 Å². The number of thiazole rings is 1. The zero-order valence-corrected chi connectivity index (χ0v) is 22.7. The van der Waals surface area contributed by atoms with Crippen LogP contribution in [-0.2, 0) is 6.54 Å². The van der Waals surface area contributed by atoms with Gasteiger partial charge in [0.05, 0.1) is 17.9 Å². The van der Waals surface area contributed by atoms with E-state index in [0.717, 1.165) is 38.1 Å². The molecule has 196 valence electrons. The molecule has 0 aliphatic heterocycles. The zero-order valence-electron chi connectivity index (χ0n) is 21.8. The van der Waals surface area contributed by atoms with E-state index in [2.05, 4.69) is 41.1 Å². The van der Waals surface area contributed by atoms with E-state index in [0.29, 0.717) is 17.1 Å². The molecule has 40 heavy (non-hydrogen) atoms. The average molecular weight is 544 g/mol. The highest BCUT2D eigenvalue weighted by atomic mass is 32.1. The Bertz CT molecular complexity index is 1870. The van der Waals surface area contributed by atoms with Crippen molar-refractivity contribution >= 4 is 38.7 Å². The topological polar surface area (TPSA) is 46.4 Å². The van der Waals surface area contributed by atoms with Crippen LogP contribution in [0.3, 0.4) is 0 Å². The average Bonchev–Trinajstić information content (AvgIpc) is 3.30. The number of hydrogen-bond acceptors (Lipinski definition) is 3. The summed E-state index contributed by atoms with van der Waals surface area (Å²) in [6.45, 7) is 2.59. The van der Waals surface area contributed by atoms with Crippen molar-refractivity contribution in [3.05, 3.63) is 149 Å². The number of amides is 1. The van der Waals surface area contributed by atoms with E-state index in [1.165, 1.54) is 29.0 Å². The number of anilines is 1. The number of para-hydroxylation sites is 1. The van der Waals surface area contributed by atoms with Gasteiger partial charge in [-0.3, -0.25) is 4.79 Å². The number of hydrogen-bond donors (Lipinski definition) is 1. The maximum Gasteiger partial charge on any atom is 0.256 e. The highest BCUT2D eigenvalue weighted by molar-refractivity contribution is 7.14. The van der Waals surface area contributed by atoms with Crippen LogP contribution < -0.4 is 10.1 Å². The van der Waals surface area contributed by atoms with E-state index < -0.39 is 0 Å². The van der Waals surface area contributed by atoms with Crippen LogP contribution >= 0.6 is 11.3 Å². The fraction of sp³-hybridized carbons (Fsp3) is 0.0588. The molecule has 1 amide bonds. The Kier molecular flexibility index (Phi) is 7.08. The monoisotopic (exact) mass is 543 g/mol. The lowest BCUT2D eigenvalue weighted by atomic mass is 10.0. The van der Waals surface area contributed by atoms with Gasteiger partial charge in [-0.2, -0.15) is 0 Å². The van der Waals surface area contributed by atoms with Crippen molar-refractivity contribution in [2.45, 2.75) is 13.5 Å². The fourth-order valence-corrected chi connectivity index (χ4v) is 5.77. The van der Waals surface area contributed by atoms with E-state index in [9.17, 15) is 9.18 Å². The number of carbonyl (C=O) groups excluding carboxylic acids is 1. The molecule has 6 heteroatoms. The maximum absolute atomic E-state index is 14.0. The molecule has 6 rings (SSSR count). The predicted octanol–water partition coefficient (Wildman–Crippen LogP) is 8.35. The van der Waals surface area contributed by atoms with Gasteiger partial charge in [0.25, 0.3) is 5.91 Å². The van der Waals surface area contributed by atoms with E-state index in [1.807, 2.05) is 72.8 Å². The van der Waals surface area contributed by atoms with Gasteiger partial charge in [0.1, 0.15) is 10.8 Å². The lowest BCUT2D eigenvalue weighted by Crippen LogP contribution is -2.17. The Hall–Kier alpha value is -4.81. The summed E-state index contributed by atoms with van der Waals surface area (Å²) in [6.07, 6.45) is 0. The highest BCUT2D eigenvalue weighted by Gasteiger charge is 2.20. The van der Waals surface area contributed by atoms with E-state index in [-0.39, 0.29) is 11.7 Å². The number of carbonyl (C=O) groups is 1. The second kappa shape index (κ2) is 11.1. The molecule has 0 bridgehead atoms. The smallest absolute Gasteiger partial charge is 0.256 e. The largest absolute Gasteiger partial charge is 0.312 e. The third kappa shape index (κ3) is 5.35. The van der Waals surface area contributed by atoms with E-state index in [1.54, 1.807) is 12.1 Å². The van der Waals surface area contributed by atoms with Gasteiger partial charge in [-0.1, -0.05) is 95.8 Å². The van der Waals surface area contributed by atoms with Gasteiger partial charge in [0.15, 0.2) is 4.80 Å². The van der Waals surface area contributed by atoms with E-state index >= 15 is 0 Å². The molecule has 0 saturated carbocycles. The molecule has 0 spiro atoms. The molecule has 0 radical (unpaired) electrons.